The molecule has 0 fully saturated rings. The van der Waals surface area contributed by atoms with Crippen molar-refractivity contribution in [2.24, 2.45) is 0 Å². The van der Waals surface area contributed by atoms with E-state index in [1.54, 1.807) is 37.3 Å². The Hall–Kier alpha value is -3.55. The van der Waals surface area contributed by atoms with Gasteiger partial charge in [-0.05, 0) is 65.4 Å². The van der Waals surface area contributed by atoms with Gasteiger partial charge in [-0.15, -0.1) is 0 Å². The Morgan fingerprint density at radius 3 is 2.06 bits per heavy atom. The highest BCUT2D eigenvalue weighted by atomic mass is 32.3. The average Bonchev–Trinajstić information content (AvgIpc) is 2.90. The second kappa shape index (κ2) is 10.8. The SMILES string of the molecule is COC(=O)c1cc(S(=O)(=O)N(SCc2ccc(-c3ccccc3)cc2)c2ccccc2)ccc1C. The number of nitrogens with zero attached hydrogens (tertiary/aromatic N) is 1. The molecule has 4 aromatic carbocycles. The van der Waals surface area contributed by atoms with Crippen LogP contribution >= 0.6 is 11.9 Å². The van der Waals surface area contributed by atoms with Crippen molar-refractivity contribution in [1.29, 1.82) is 0 Å². The standard InChI is InChI=1S/C28H25NO4S2/c1-21-13-18-26(19-27(21)28(30)33-2)35(31,32)29(25-11-7-4-8-12-25)34-20-22-14-16-24(17-15-22)23-9-5-3-6-10-23/h3-19H,20H2,1-2H3. The summed E-state index contributed by atoms with van der Waals surface area (Å²) >= 11 is 1.18. The number of carbonyl (C=O) groups is 1. The summed E-state index contributed by atoms with van der Waals surface area (Å²) in [5.74, 6) is -0.129. The molecule has 0 radical (unpaired) electrons. The fourth-order valence-corrected chi connectivity index (χ4v) is 6.38. The van der Waals surface area contributed by atoms with Crippen molar-refractivity contribution in [2.45, 2.75) is 17.6 Å². The summed E-state index contributed by atoms with van der Waals surface area (Å²) in [6.07, 6.45) is 0. The molecule has 0 bridgehead atoms. The van der Waals surface area contributed by atoms with Gasteiger partial charge in [0.05, 0.1) is 23.3 Å². The van der Waals surface area contributed by atoms with Gasteiger partial charge in [0.1, 0.15) is 0 Å². The topological polar surface area (TPSA) is 63.7 Å². The summed E-state index contributed by atoms with van der Waals surface area (Å²) in [6.45, 7) is 1.74. The number of methoxy groups -OCH3 is 1. The molecule has 0 aliphatic carbocycles. The summed E-state index contributed by atoms with van der Waals surface area (Å²) < 4.78 is 33.6. The van der Waals surface area contributed by atoms with E-state index in [9.17, 15) is 13.2 Å². The van der Waals surface area contributed by atoms with Crippen LogP contribution in [-0.2, 0) is 20.5 Å². The number of hydrogen-bond acceptors (Lipinski definition) is 5. The molecule has 0 saturated carbocycles. The molecule has 0 aliphatic heterocycles. The predicted molar refractivity (Wildman–Crippen MR) is 142 cm³/mol. The first-order chi connectivity index (χ1) is 16.9. The van der Waals surface area contributed by atoms with E-state index < -0.39 is 16.0 Å². The summed E-state index contributed by atoms with van der Waals surface area (Å²) in [5, 5.41) is 0. The Bertz CT molecular complexity index is 1400. The minimum atomic E-state index is -3.97. The van der Waals surface area contributed by atoms with Gasteiger partial charge in [-0.2, -0.15) is 0 Å². The molecule has 0 unspecified atom stereocenters. The van der Waals surface area contributed by atoms with Crippen LogP contribution in [0, 0.1) is 6.92 Å². The molecule has 0 N–H and O–H groups in total. The number of para-hydroxylation sites is 1. The molecule has 5 nitrogen and oxygen atoms in total. The van der Waals surface area contributed by atoms with E-state index in [2.05, 4.69) is 12.1 Å². The first-order valence-corrected chi connectivity index (χ1v) is 13.3. The molecule has 0 atom stereocenters. The number of hydrogen-bond donors (Lipinski definition) is 0. The van der Waals surface area contributed by atoms with E-state index in [0.717, 1.165) is 16.7 Å². The van der Waals surface area contributed by atoms with Crippen LogP contribution in [0.2, 0.25) is 0 Å². The van der Waals surface area contributed by atoms with Crippen molar-refractivity contribution < 1.29 is 17.9 Å². The Balaban J connectivity index is 1.63. The van der Waals surface area contributed by atoms with Crippen LogP contribution in [0.25, 0.3) is 11.1 Å². The first-order valence-electron chi connectivity index (χ1n) is 11.0. The van der Waals surface area contributed by atoms with Crippen LogP contribution < -0.4 is 3.71 Å². The second-order valence-electron chi connectivity index (χ2n) is 7.87. The fraction of sp³-hybridized carbons (Fsp3) is 0.107. The van der Waals surface area contributed by atoms with Gasteiger partial charge in [-0.25, -0.2) is 16.9 Å². The van der Waals surface area contributed by atoms with Crippen molar-refractivity contribution >= 4 is 33.6 Å². The summed E-state index contributed by atoms with van der Waals surface area (Å²) in [6, 6.07) is 31.6. The van der Waals surface area contributed by atoms with Crippen LogP contribution in [0.5, 0.6) is 0 Å². The number of rotatable bonds is 8. The maximum absolute atomic E-state index is 13.7. The van der Waals surface area contributed by atoms with E-state index in [1.807, 2.05) is 48.5 Å². The number of sulfonamides is 1. The number of benzene rings is 4. The van der Waals surface area contributed by atoms with Crippen LogP contribution in [0.1, 0.15) is 21.5 Å². The van der Waals surface area contributed by atoms with Crippen molar-refractivity contribution in [3.63, 3.8) is 0 Å². The van der Waals surface area contributed by atoms with Crippen molar-refractivity contribution in [2.75, 3.05) is 10.8 Å². The van der Waals surface area contributed by atoms with E-state index in [1.165, 1.54) is 34.9 Å². The van der Waals surface area contributed by atoms with Crippen LogP contribution in [-0.4, -0.2) is 21.5 Å². The molecule has 35 heavy (non-hydrogen) atoms. The molecule has 0 spiro atoms. The average molecular weight is 504 g/mol. The van der Waals surface area contributed by atoms with Gasteiger partial charge in [0, 0.05) is 5.75 Å². The molecule has 0 aromatic heterocycles. The normalized spacial score (nSPS) is 11.1. The van der Waals surface area contributed by atoms with Gasteiger partial charge in [-0.3, -0.25) is 0 Å². The minimum Gasteiger partial charge on any atom is -0.465 e. The number of aryl methyl sites for hydroxylation is 1. The van der Waals surface area contributed by atoms with Gasteiger partial charge < -0.3 is 4.74 Å². The van der Waals surface area contributed by atoms with Crippen molar-refractivity contribution in [1.82, 2.24) is 0 Å². The highest BCUT2D eigenvalue weighted by Crippen LogP contribution is 2.33. The van der Waals surface area contributed by atoms with E-state index in [0.29, 0.717) is 17.0 Å². The molecular formula is C28H25NO4S2. The molecular weight excluding hydrogens is 478 g/mol. The first kappa shape index (κ1) is 24.6. The smallest absolute Gasteiger partial charge is 0.338 e. The highest BCUT2D eigenvalue weighted by Gasteiger charge is 2.27. The predicted octanol–water partition coefficient (Wildman–Crippen LogP) is 6.49. The summed E-state index contributed by atoms with van der Waals surface area (Å²) in [4.78, 5) is 12.2. The largest absolute Gasteiger partial charge is 0.465 e. The Morgan fingerprint density at radius 1 is 0.829 bits per heavy atom. The lowest BCUT2D eigenvalue weighted by atomic mass is 10.0. The van der Waals surface area contributed by atoms with E-state index in [4.69, 9.17) is 4.74 Å². The Kier molecular flexibility index (Phi) is 7.58. The zero-order valence-electron chi connectivity index (χ0n) is 19.4. The number of ether oxygens (including phenoxy) is 1. The minimum absolute atomic E-state index is 0.0271. The van der Waals surface area contributed by atoms with Crippen LogP contribution in [0.4, 0.5) is 5.69 Å². The molecule has 4 aromatic rings. The van der Waals surface area contributed by atoms with Crippen LogP contribution in [0.3, 0.4) is 0 Å². The highest BCUT2D eigenvalue weighted by molar-refractivity contribution is 8.14. The Labute approximate surface area is 210 Å². The molecule has 0 heterocycles. The maximum Gasteiger partial charge on any atom is 0.338 e. The molecule has 0 saturated heterocycles. The maximum atomic E-state index is 13.7. The molecule has 0 aliphatic rings. The van der Waals surface area contributed by atoms with Gasteiger partial charge >= 0.3 is 5.97 Å². The van der Waals surface area contributed by atoms with Gasteiger partial charge in [0.2, 0.25) is 0 Å². The molecule has 7 heteroatoms. The fourth-order valence-electron chi connectivity index (χ4n) is 3.58. The molecule has 0 amide bonds. The number of carbonyl (C=O) groups excluding carboxylic acids is 1. The van der Waals surface area contributed by atoms with Crippen molar-refractivity contribution in [3.8, 4) is 11.1 Å². The van der Waals surface area contributed by atoms with Crippen LogP contribution in [0.15, 0.2) is 108 Å². The number of esters is 1. The quantitative estimate of drug-likeness (QED) is 0.203. The molecule has 178 valence electrons. The lowest BCUT2D eigenvalue weighted by Crippen LogP contribution is -2.25. The summed E-state index contributed by atoms with van der Waals surface area (Å²) in [5.41, 5.74) is 4.61. The lowest BCUT2D eigenvalue weighted by molar-refractivity contribution is 0.0599. The van der Waals surface area contributed by atoms with E-state index >= 15 is 0 Å². The van der Waals surface area contributed by atoms with Gasteiger partial charge in [-0.1, -0.05) is 78.9 Å². The second-order valence-corrected chi connectivity index (χ2v) is 10.8. The zero-order chi connectivity index (χ0) is 24.8. The summed E-state index contributed by atoms with van der Waals surface area (Å²) in [7, 11) is -2.69. The third kappa shape index (κ3) is 5.58. The molecule has 4 rings (SSSR count). The zero-order valence-corrected chi connectivity index (χ0v) is 21.1. The van der Waals surface area contributed by atoms with Gasteiger partial charge in [0.15, 0.2) is 0 Å². The monoisotopic (exact) mass is 503 g/mol. The Morgan fingerprint density at radius 2 is 1.43 bits per heavy atom. The van der Waals surface area contributed by atoms with Gasteiger partial charge in [0.25, 0.3) is 10.0 Å². The lowest BCUT2D eigenvalue weighted by Gasteiger charge is -2.23. The third-order valence-corrected chi connectivity index (χ3v) is 8.82. The number of anilines is 1. The third-order valence-electron chi connectivity index (χ3n) is 5.51. The van der Waals surface area contributed by atoms with E-state index in [-0.39, 0.29) is 10.5 Å². The van der Waals surface area contributed by atoms with Crippen molar-refractivity contribution in [3.05, 3.63) is 120 Å².